The van der Waals surface area contributed by atoms with Crippen LogP contribution in [0.3, 0.4) is 0 Å². The number of nitrogens with two attached hydrogens (primary N) is 1. The van der Waals surface area contributed by atoms with Crippen molar-refractivity contribution in [3.8, 4) is 0 Å². The van der Waals surface area contributed by atoms with Crippen LogP contribution < -0.4 is 11.1 Å². The SMILES string of the molecule is Cc1cccc(Cl)c1CNC(=O)c1nc2ccccc2nc1N. The molecule has 0 unspecified atom stereocenters. The number of hydrogen-bond donors (Lipinski definition) is 2. The fourth-order valence-corrected chi connectivity index (χ4v) is 2.61. The molecule has 6 heteroatoms. The molecule has 0 fully saturated rings. The van der Waals surface area contributed by atoms with Crippen molar-refractivity contribution in [1.29, 1.82) is 0 Å². The van der Waals surface area contributed by atoms with E-state index in [9.17, 15) is 4.79 Å². The van der Waals surface area contributed by atoms with Gasteiger partial charge >= 0.3 is 0 Å². The summed E-state index contributed by atoms with van der Waals surface area (Å²) in [6.07, 6.45) is 0. The Labute approximate surface area is 138 Å². The number of carbonyl (C=O) groups excluding carboxylic acids is 1. The molecule has 3 rings (SSSR count). The van der Waals surface area contributed by atoms with Crippen LogP contribution >= 0.6 is 11.6 Å². The number of anilines is 1. The Kier molecular flexibility index (Phi) is 4.12. The first kappa shape index (κ1) is 15.2. The lowest BCUT2D eigenvalue weighted by Gasteiger charge is -2.10. The average molecular weight is 327 g/mol. The number of aromatic nitrogens is 2. The van der Waals surface area contributed by atoms with Gasteiger partial charge in [0.25, 0.3) is 5.91 Å². The van der Waals surface area contributed by atoms with E-state index in [2.05, 4.69) is 15.3 Å². The molecule has 1 aromatic heterocycles. The number of halogens is 1. The molecule has 0 aliphatic heterocycles. The summed E-state index contributed by atoms with van der Waals surface area (Å²) in [5.41, 5.74) is 9.14. The molecule has 5 nitrogen and oxygen atoms in total. The van der Waals surface area contributed by atoms with Gasteiger partial charge < -0.3 is 11.1 Å². The smallest absolute Gasteiger partial charge is 0.274 e. The van der Waals surface area contributed by atoms with E-state index in [1.54, 1.807) is 18.2 Å². The minimum absolute atomic E-state index is 0.108. The number of benzene rings is 2. The van der Waals surface area contributed by atoms with Crippen LogP contribution in [0.1, 0.15) is 21.6 Å². The third-order valence-electron chi connectivity index (χ3n) is 3.59. The molecule has 0 atom stereocenters. The second kappa shape index (κ2) is 6.22. The standard InChI is InChI=1S/C17H15ClN4O/c1-10-5-4-6-12(18)11(10)9-20-17(23)15-16(19)22-14-8-3-2-7-13(14)21-15/h2-8H,9H2,1H3,(H2,19,22)(H,20,23). The number of amides is 1. The predicted octanol–water partition coefficient (Wildman–Crippen LogP) is 3.10. The van der Waals surface area contributed by atoms with E-state index in [1.165, 1.54) is 0 Å². The Bertz CT molecular complexity index is 875. The zero-order valence-corrected chi connectivity index (χ0v) is 13.3. The van der Waals surface area contributed by atoms with E-state index in [1.807, 2.05) is 31.2 Å². The van der Waals surface area contributed by atoms with E-state index in [4.69, 9.17) is 17.3 Å². The highest BCUT2D eigenvalue weighted by Gasteiger charge is 2.15. The Morgan fingerprint density at radius 2 is 1.83 bits per heavy atom. The van der Waals surface area contributed by atoms with Gasteiger partial charge in [-0.1, -0.05) is 35.9 Å². The number of nitrogens with zero attached hydrogens (tertiary/aromatic N) is 2. The van der Waals surface area contributed by atoms with Crippen LogP contribution in [0.15, 0.2) is 42.5 Å². The Balaban J connectivity index is 1.85. The monoisotopic (exact) mass is 326 g/mol. The molecular weight excluding hydrogens is 312 g/mol. The largest absolute Gasteiger partial charge is 0.382 e. The lowest BCUT2D eigenvalue weighted by molar-refractivity contribution is 0.0947. The van der Waals surface area contributed by atoms with Crippen molar-refractivity contribution in [2.45, 2.75) is 13.5 Å². The number of hydrogen-bond acceptors (Lipinski definition) is 4. The average Bonchev–Trinajstić information content (AvgIpc) is 2.53. The van der Waals surface area contributed by atoms with Gasteiger partial charge in [0.05, 0.1) is 11.0 Å². The molecule has 0 radical (unpaired) electrons. The minimum atomic E-state index is -0.375. The van der Waals surface area contributed by atoms with Crippen LogP contribution in [0.5, 0.6) is 0 Å². The summed E-state index contributed by atoms with van der Waals surface area (Å²) in [6.45, 7) is 2.25. The van der Waals surface area contributed by atoms with E-state index < -0.39 is 0 Å². The van der Waals surface area contributed by atoms with Gasteiger partial charge in [-0.15, -0.1) is 0 Å². The van der Waals surface area contributed by atoms with Crippen molar-refractivity contribution in [2.24, 2.45) is 0 Å². The first-order chi connectivity index (χ1) is 11.1. The summed E-state index contributed by atoms with van der Waals surface area (Å²) in [4.78, 5) is 20.9. The van der Waals surface area contributed by atoms with Crippen molar-refractivity contribution < 1.29 is 4.79 Å². The number of nitrogen functional groups attached to an aromatic ring is 1. The number of para-hydroxylation sites is 2. The molecule has 2 aromatic carbocycles. The van der Waals surface area contributed by atoms with Crippen LogP contribution in [0, 0.1) is 6.92 Å². The maximum Gasteiger partial charge on any atom is 0.274 e. The van der Waals surface area contributed by atoms with Crippen molar-refractivity contribution in [2.75, 3.05) is 5.73 Å². The third-order valence-corrected chi connectivity index (χ3v) is 3.95. The molecular formula is C17H15ClN4O. The number of carbonyl (C=O) groups is 1. The van der Waals surface area contributed by atoms with E-state index >= 15 is 0 Å². The van der Waals surface area contributed by atoms with Crippen LogP contribution in [0.25, 0.3) is 11.0 Å². The summed E-state index contributed by atoms with van der Waals surface area (Å²) in [6, 6.07) is 12.9. The number of rotatable bonds is 3. The first-order valence-electron chi connectivity index (χ1n) is 7.10. The normalized spacial score (nSPS) is 10.7. The molecule has 0 aliphatic rings. The zero-order valence-electron chi connectivity index (χ0n) is 12.5. The van der Waals surface area contributed by atoms with Crippen LogP contribution in [0.4, 0.5) is 5.82 Å². The van der Waals surface area contributed by atoms with Crippen molar-refractivity contribution in [3.05, 3.63) is 64.3 Å². The van der Waals surface area contributed by atoms with Crippen molar-refractivity contribution in [1.82, 2.24) is 15.3 Å². The summed E-state index contributed by atoms with van der Waals surface area (Å²) in [5, 5.41) is 3.41. The molecule has 3 N–H and O–H groups in total. The Hall–Kier alpha value is -2.66. The molecule has 0 saturated heterocycles. The lowest BCUT2D eigenvalue weighted by Crippen LogP contribution is -2.26. The van der Waals surface area contributed by atoms with Crippen LogP contribution in [-0.4, -0.2) is 15.9 Å². The highest BCUT2D eigenvalue weighted by atomic mass is 35.5. The van der Waals surface area contributed by atoms with Gasteiger partial charge in [0.15, 0.2) is 11.5 Å². The van der Waals surface area contributed by atoms with Crippen LogP contribution in [0.2, 0.25) is 5.02 Å². The number of fused-ring (bicyclic) bond motifs is 1. The molecule has 0 saturated carbocycles. The fourth-order valence-electron chi connectivity index (χ4n) is 2.32. The number of aryl methyl sites for hydroxylation is 1. The molecule has 116 valence electrons. The summed E-state index contributed by atoms with van der Waals surface area (Å²) >= 11 is 6.16. The fraction of sp³-hybridized carbons (Fsp3) is 0.118. The summed E-state index contributed by atoms with van der Waals surface area (Å²) in [5.74, 6) is -0.267. The van der Waals surface area contributed by atoms with Gasteiger partial charge in [-0.05, 0) is 36.2 Å². The van der Waals surface area contributed by atoms with Gasteiger partial charge in [-0.3, -0.25) is 4.79 Å². The zero-order chi connectivity index (χ0) is 16.4. The second-order valence-electron chi connectivity index (χ2n) is 5.16. The first-order valence-corrected chi connectivity index (χ1v) is 7.48. The van der Waals surface area contributed by atoms with Gasteiger partial charge in [0.1, 0.15) is 0 Å². The predicted molar refractivity (Wildman–Crippen MR) is 91.3 cm³/mol. The highest BCUT2D eigenvalue weighted by molar-refractivity contribution is 6.31. The highest BCUT2D eigenvalue weighted by Crippen LogP contribution is 2.19. The number of nitrogens with one attached hydrogen (secondary N) is 1. The van der Waals surface area contributed by atoms with E-state index in [0.717, 1.165) is 11.1 Å². The van der Waals surface area contributed by atoms with Crippen molar-refractivity contribution in [3.63, 3.8) is 0 Å². The molecule has 0 aliphatic carbocycles. The summed E-state index contributed by atoms with van der Waals surface area (Å²) in [7, 11) is 0. The van der Waals surface area contributed by atoms with E-state index in [0.29, 0.717) is 22.6 Å². The van der Waals surface area contributed by atoms with E-state index in [-0.39, 0.29) is 17.4 Å². The van der Waals surface area contributed by atoms with Gasteiger partial charge in [0.2, 0.25) is 0 Å². The molecule has 23 heavy (non-hydrogen) atoms. The second-order valence-corrected chi connectivity index (χ2v) is 5.57. The molecule has 0 bridgehead atoms. The molecule has 1 amide bonds. The van der Waals surface area contributed by atoms with Gasteiger partial charge in [0, 0.05) is 11.6 Å². The van der Waals surface area contributed by atoms with Gasteiger partial charge in [-0.25, -0.2) is 9.97 Å². The third kappa shape index (κ3) is 3.10. The Morgan fingerprint density at radius 3 is 2.52 bits per heavy atom. The van der Waals surface area contributed by atoms with Crippen molar-refractivity contribution >= 4 is 34.4 Å². The summed E-state index contributed by atoms with van der Waals surface area (Å²) < 4.78 is 0. The van der Waals surface area contributed by atoms with Gasteiger partial charge in [-0.2, -0.15) is 0 Å². The maximum absolute atomic E-state index is 12.4. The molecule has 0 spiro atoms. The van der Waals surface area contributed by atoms with Crippen LogP contribution in [-0.2, 0) is 6.54 Å². The quantitative estimate of drug-likeness (QED) is 0.775. The minimum Gasteiger partial charge on any atom is -0.382 e. The topological polar surface area (TPSA) is 80.9 Å². The Morgan fingerprint density at radius 1 is 1.13 bits per heavy atom. The molecule has 3 aromatic rings. The molecule has 1 heterocycles. The lowest BCUT2D eigenvalue weighted by atomic mass is 10.1. The maximum atomic E-state index is 12.4.